The number of carbonyl (C=O) groups excluding carboxylic acids is 2. The fraction of sp³-hybridized carbons (Fsp3) is 0.364. The highest BCUT2D eigenvalue weighted by Gasteiger charge is 2.33. The van der Waals surface area contributed by atoms with E-state index >= 15 is 0 Å². The molecule has 0 aliphatic heterocycles. The Hall–Kier alpha value is -2.69. The molecular weight excluding hydrogens is 471 g/mol. The molecule has 33 heavy (non-hydrogen) atoms. The molecule has 0 saturated carbocycles. The van der Waals surface area contributed by atoms with Crippen molar-refractivity contribution in [2.75, 3.05) is 31.5 Å². The zero-order valence-electron chi connectivity index (χ0n) is 19.0. The van der Waals surface area contributed by atoms with Crippen LogP contribution in [0.2, 0.25) is 5.02 Å². The molecule has 0 spiro atoms. The van der Waals surface area contributed by atoms with Gasteiger partial charge in [-0.25, -0.2) is 8.70 Å². The Morgan fingerprint density at radius 3 is 2.36 bits per heavy atom. The molecule has 2 aromatic rings. The molecule has 0 bridgehead atoms. The maximum atomic E-state index is 14.5. The smallest absolute Gasteiger partial charge is 0.304 e. The Balaban J connectivity index is 2.47. The highest BCUT2D eigenvalue weighted by Crippen LogP contribution is 2.24. The van der Waals surface area contributed by atoms with Gasteiger partial charge < -0.3 is 10.2 Å². The fourth-order valence-corrected chi connectivity index (χ4v) is 4.37. The van der Waals surface area contributed by atoms with Crippen LogP contribution in [0.15, 0.2) is 48.5 Å². The highest BCUT2D eigenvalue weighted by molar-refractivity contribution is 7.90. The molecule has 0 unspecified atom stereocenters. The Morgan fingerprint density at radius 1 is 1.12 bits per heavy atom. The summed E-state index contributed by atoms with van der Waals surface area (Å²) in [5.74, 6) is -1.88. The standard InChI is InChI=1S/C22H28ClFN4O4S/c1-5-25-22(30)16(2)27(14-17-9-8-10-18(23)13-17)21(29)15-28(33(31,32)26(3)4)20-12-7-6-11-19(20)24/h6-13,16H,5,14-15H2,1-4H3,(H,25,30)/t16-/m0/s1. The second-order valence-corrected chi connectivity index (χ2v) is 9.97. The van der Waals surface area contributed by atoms with Crippen LogP contribution in [0.5, 0.6) is 0 Å². The number of likely N-dealkylation sites (N-methyl/N-ethyl adjacent to an activating group) is 1. The van der Waals surface area contributed by atoms with Gasteiger partial charge in [-0.1, -0.05) is 35.9 Å². The molecule has 0 aromatic heterocycles. The van der Waals surface area contributed by atoms with Crippen molar-refractivity contribution in [3.63, 3.8) is 0 Å². The van der Waals surface area contributed by atoms with Crippen LogP contribution in [-0.2, 0) is 26.3 Å². The summed E-state index contributed by atoms with van der Waals surface area (Å²) in [5.41, 5.74) is 0.382. The van der Waals surface area contributed by atoms with Crippen LogP contribution in [0.3, 0.4) is 0 Å². The van der Waals surface area contributed by atoms with E-state index in [1.807, 2.05) is 0 Å². The third-order valence-corrected chi connectivity index (χ3v) is 6.94. The number of benzene rings is 2. The van der Waals surface area contributed by atoms with Crippen LogP contribution in [0.25, 0.3) is 0 Å². The van der Waals surface area contributed by atoms with Gasteiger partial charge in [0, 0.05) is 32.2 Å². The lowest BCUT2D eigenvalue weighted by Gasteiger charge is -2.32. The van der Waals surface area contributed by atoms with E-state index in [0.717, 1.165) is 10.4 Å². The van der Waals surface area contributed by atoms with Crippen LogP contribution >= 0.6 is 11.6 Å². The molecule has 11 heteroatoms. The number of para-hydroxylation sites is 1. The van der Waals surface area contributed by atoms with E-state index in [1.165, 1.54) is 37.2 Å². The lowest BCUT2D eigenvalue weighted by Crippen LogP contribution is -2.52. The van der Waals surface area contributed by atoms with Crippen molar-refractivity contribution >= 4 is 39.3 Å². The summed E-state index contributed by atoms with van der Waals surface area (Å²) < 4.78 is 42.1. The van der Waals surface area contributed by atoms with Crippen molar-refractivity contribution in [2.45, 2.75) is 26.4 Å². The van der Waals surface area contributed by atoms with Crippen molar-refractivity contribution in [1.82, 2.24) is 14.5 Å². The third-order valence-electron chi connectivity index (χ3n) is 4.90. The molecule has 1 N–H and O–H groups in total. The van der Waals surface area contributed by atoms with Crippen LogP contribution < -0.4 is 9.62 Å². The first-order valence-corrected chi connectivity index (χ1v) is 12.0. The van der Waals surface area contributed by atoms with Crippen molar-refractivity contribution in [3.8, 4) is 0 Å². The predicted molar refractivity (Wildman–Crippen MR) is 127 cm³/mol. The van der Waals surface area contributed by atoms with Crippen molar-refractivity contribution in [3.05, 3.63) is 64.9 Å². The summed E-state index contributed by atoms with van der Waals surface area (Å²) in [6.07, 6.45) is 0. The summed E-state index contributed by atoms with van der Waals surface area (Å²) in [7, 11) is -1.65. The van der Waals surface area contributed by atoms with Gasteiger partial charge in [-0.2, -0.15) is 12.7 Å². The summed E-state index contributed by atoms with van der Waals surface area (Å²) in [4.78, 5) is 27.2. The molecule has 8 nitrogen and oxygen atoms in total. The fourth-order valence-electron chi connectivity index (χ4n) is 3.09. The molecule has 0 fully saturated rings. The molecule has 0 heterocycles. The number of amides is 2. The van der Waals surface area contributed by atoms with Gasteiger partial charge in [0.25, 0.3) is 0 Å². The van der Waals surface area contributed by atoms with E-state index < -0.39 is 40.4 Å². The molecule has 0 aliphatic rings. The Bertz CT molecular complexity index is 1100. The van der Waals surface area contributed by atoms with Crippen LogP contribution in [0.4, 0.5) is 10.1 Å². The van der Waals surface area contributed by atoms with Gasteiger partial charge in [0.15, 0.2) is 0 Å². The number of hydrogen-bond donors (Lipinski definition) is 1. The second-order valence-electron chi connectivity index (χ2n) is 7.47. The quantitative estimate of drug-likeness (QED) is 0.545. The number of nitrogens with zero attached hydrogens (tertiary/aromatic N) is 3. The first-order valence-electron chi connectivity index (χ1n) is 10.2. The first kappa shape index (κ1) is 26.6. The number of anilines is 1. The van der Waals surface area contributed by atoms with Crippen LogP contribution in [0, 0.1) is 5.82 Å². The van der Waals surface area contributed by atoms with E-state index in [4.69, 9.17) is 11.6 Å². The van der Waals surface area contributed by atoms with Crippen LogP contribution in [-0.4, -0.2) is 62.7 Å². The maximum Gasteiger partial charge on any atom is 0.304 e. The Labute approximate surface area is 199 Å². The number of carbonyl (C=O) groups is 2. The average molecular weight is 499 g/mol. The van der Waals surface area contributed by atoms with E-state index in [0.29, 0.717) is 21.4 Å². The second kappa shape index (κ2) is 11.4. The minimum atomic E-state index is -4.22. The zero-order valence-corrected chi connectivity index (χ0v) is 20.5. The minimum Gasteiger partial charge on any atom is -0.355 e. The summed E-state index contributed by atoms with van der Waals surface area (Å²) in [6.45, 7) is 2.95. The first-order chi connectivity index (χ1) is 15.5. The SMILES string of the molecule is CCNC(=O)[C@H](C)N(Cc1cccc(Cl)c1)C(=O)CN(c1ccccc1F)S(=O)(=O)N(C)C. The molecular formula is C22H28ClFN4O4S. The molecule has 0 radical (unpaired) electrons. The van der Waals surface area contributed by atoms with Gasteiger partial charge in [0.2, 0.25) is 11.8 Å². The van der Waals surface area contributed by atoms with E-state index in [-0.39, 0.29) is 12.2 Å². The predicted octanol–water partition coefficient (Wildman–Crippen LogP) is 2.65. The average Bonchev–Trinajstić information content (AvgIpc) is 2.75. The molecule has 1 atom stereocenters. The molecule has 2 rings (SSSR count). The minimum absolute atomic E-state index is 0.00478. The summed E-state index contributed by atoms with van der Waals surface area (Å²) >= 11 is 6.06. The van der Waals surface area contributed by atoms with E-state index in [9.17, 15) is 22.4 Å². The van der Waals surface area contributed by atoms with Gasteiger partial charge in [-0.3, -0.25) is 9.59 Å². The third kappa shape index (κ3) is 6.66. The van der Waals surface area contributed by atoms with Gasteiger partial charge in [-0.05, 0) is 43.7 Å². The molecule has 2 amide bonds. The van der Waals surface area contributed by atoms with Gasteiger partial charge in [-0.15, -0.1) is 0 Å². The summed E-state index contributed by atoms with van der Waals surface area (Å²) in [5, 5.41) is 3.11. The lowest BCUT2D eigenvalue weighted by molar-refractivity contribution is -0.139. The molecule has 2 aromatic carbocycles. The van der Waals surface area contributed by atoms with Gasteiger partial charge >= 0.3 is 10.2 Å². The van der Waals surface area contributed by atoms with E-state index in [2.05, 4.69) is 5.32 Å². The largest absolute Gasteiger partial charge is 0.355 e. The van der Waals surface area contributed by atoms with Crippen LogP contribution in [0.1, 0.15) is 19.4 Å². The zero-order chi connectivity index (χ0) is 24.8. The number of nitrogens with one attached hydrogen (secondary N) is 1. The molecule has 0 aliphatic carbocycles. The molecule has 180 valence electrons. The topological polar surface area (TPSA) is 90.0 Å². The number of rotatable bonds is 10. The van der Waals surface area contributed by atoms with Crippen molar-refractivity contribution < 1.29 is 22.4 Å². The number of hydrogen-bond acceptors (Lipinski definition) is 4. The molecule has 0 saturated heterocycles. The van der Waals surface area contributed by atoms with Crippen molar-refractivity contribution in [1.29, 1.82) is 0 Å². The maximum absolute atomic E-state index is 14.5. The lowest BCUT2D eigenvalue weighted by atomic mass is 10.1. The Morgan fingerprint density at radius 2 is 1.79 bits per heavy atom. The number of halogens is 2. The van der Waals surface area contributed by atoms with Gasteiger partial charge in [0.1, 0.15) is 18.4 Å². The Kier molecular flexibility index (Phi) is 9.21. The normalized spacial score (nSPS) is 12.3. The van der Waals surface area contributed by atoms with Gasteiger partial charge in [0.05, 0.1) is 5.69 Å². The monoisotopic (exact) mass is 498 g/mol. The van der Waals surface area contributed by atoms with Crippen molar-refractivity contribution in [2.24, 2.45) is 0 Å². The van der Waals surface area contributed by atoms with E-state index in [1.54, 1.807) is 38.1 Å². The highest BCUT2D eigenvalue weighted by atomic mass is 35.5. The summed E-state index contributed by atoms with van der Waals surface area (Å²) in [6, 6.07) is 11.1.